The SMILES string of the molecule is CCOC(=O)c1ccnc(Oc2ccc(NC=C(C#N)c3nn[nH]n3)cc2)c1. The number of carbonyl (C=O) groups excluding carboxylic acids is 1. The number of aromatic nitrogens is 5. The lowest BCUT2D eigenvalue weighted by atomic mass is 10.2. The number of rotatable bonds is 7. The molecule has 0 spiro atoms. The van der Waals surface area contributed by atoms with Crippen LogP contribution >= 0.6 is 0 Å². The molecule has 1 aromatic carbocycles. The van der Waals surface area contributed by atoms with Crippen LogP contribution in [0.4, 0.5) is 5.69 Å². The molecule has 0 unspecified atom stereocenters. The molecule has 140 valence electrons. The summed E-state index contributed by atoms with van der Waals surface area (Å²) >= 11 is 0. The van der Waals surface area contributed by atoms with Crippen LogP contribution in [-0.4, -0.2) is 38.2 Å². The van der Waals surface area contributed by atoms with Gasteiger partial charge < -0.3 is 14.8 Å². The summed E-state index contributed by atoms with van der Waals surface area (Å²) in [6, 6.07) is 12.0. The normalized spacial score (nSPS) is 10.8. The maximum atomic E-state index is 11.8. The third-order valence-electron chi connectivity index (χ3n) is 3.41. The van der Waals surface area contributed by atoms with Gasteiger partial charge in [0.05, 0.1) is 12.2 Å². The highest BCUT2D eigenvalue weighted by Gasteiger charge is 2.09. The number of nitriles is 1. The van der Waals surface area contributed by atoms with Crippen molar-refractivity contribution >= 4 is 17.2 Å². The van der Waals surface area contributed by atoms with Crippen molar-refractivity contribution in [3.8, 4) is 17.7 Å². The van der Waals surface area contributed by atoms with E-state index in [1.165, 1.54) is 18.5 Å². The Labute approximate surface area is 159 Å². The van der Waals surface area contributed by atoms with Crippen molar-refractivity contribution in [2.45, 2.75) is 6.92 Å². The summed E-state index contributed by atoms with van der Waals surface area (Å²) in [5.74, 6) is 0.565. The van der Waals surface area contributed by atoms with Crippen LogP contribution in [0.2, 0.25) is 0 Å². The van der Waals surface area contributed by atoms with Crippen LogP contribution in [0.1, 0.15) is 23.1 Å². The molecular formula is C18H15N7O3. The van der Waals surface area contributed by atoms with Gasteiger partial charge in [0.25, 0.3) is 0 Å². The molecular weight excluding hydrogens is 362 g/mol. The quantitative estimate of drug-likeness (QED) is 0.469. The van der Waals surface area contributed by atoms with Crippen molar-refractivity contribution in [1.82, 2.24) is 25.6 Å². The number of hydrogen-bond donors (Lipinski definition) is 2. The fraction of sp³-hybridized carbons (Fsp3) is 0.111. The molecule has 0 bridgehead atoms. The number of anilines is 1. The number of esters is 1. The number of benzene rings is 1. The van der Waals surface area contributed by atoms with E-state index in [4.69, 9.17) is 14.7 Å². The van der Waals surface area contributed by atoms with Gasteiger partial charge in [0.15, 0.2) is 0 Å². The Morgan fingerprint density at radius 1 is 1.32 bits per heavy atom. The first-order chi connectivity index (χ1) is 13.7. The summed E-state index contributed by atoms with van der Waals surface area (Å²) in [4.78, 5) is 15.9. The van der Waals surface area contributed by atoms with E-state index < -0.39 is 5.97 Å². The number of tetrazole rings is 1. The molecule has 0 atom stereocenters. The number of aromatic amines is 1. The van der Waals surface area contributed by atoms with Crippen LogP contribution in [0, 0.1) is 11.3 Å². The minimum atomic E-state index is -0.434. The lowest BCUT2D eigenvalue weighted by molar-refractivity contribution is 0.0526. The maximum absolute atomic E-state index is 11.8. The molecule has 0 fully saturated rings. The van der Waals surface area contributed by atoms with Crippen molar-refractivity contribution in [3.63, 3.8) is 0 Å². The van der Waals surface area contributed by atoms with E-state index in [2.05, 4.69) is 30.9 Å². The zero-order chi connectivity index (χ0) is 19.8. The first-order valence-corrected chi connectivity index (χ1v) is 8.21. The van der Waals surface area contributed by atoms with Gasteiger partial charge in [-0.05, 0) is 42.5 Å². The van der Waals surface area contributed by atoms with Gasteiger partial charge in [-0.3, -0.25) is 0 Å². The Kier molecular flexibility index (Phi) is 5.89. The summed E-state index contributed by atoms with van der Waals surface area (Å²) in [6.45, 7) is 2.03. The molecule has 0 amide bonds. The van der Waals surface area contributed by atoms with Gasteiger partial charge in [0.2, 0.25) is 11.7 Å². The Hall–Kier alpha value is -4.26. The third kappa shape index (κ3) is 4.67. The van der Waals surface area contributed by atoms with Crippen molar-refractivity contribution < 1.29 is 14.3 Å². The van der Waals surface area contributed by atoms with Gasteiger partial charge in [0.1, 0.15) is 17.4 Å². The summed E-state index contributed by atoms with van der Waals surface area (Å²) in [7, 11) is 0. The molecule has 10 nitrogen and oxygen atoms in total. The van der Waals surface area contributed by atoms with Crippen LogP contribution in [0.25, 0.3) is 5.57 Å². The lowest BCUT2D eigenvalue weighted by Crippen LogP contribution is -2.05. The van der Waals surface area contributed by atoms with E-state index in [1.807, 2.05) is 6.07 Å². The highest BCUT2D eigenvalue weighted by molar-refractivity contribution is 5.89. The van der Waals surface area contributed by atoms with Crippen LogP contribution in [0.15, 0.2) is 48.8 Å². The van der Waals surface area contributed by atoms with Gasteiger partial charge >= 0.3 is 5.97 Å². The van der Waals surface area contributed by atoms with E-state index in [0.29, 0.717) is 17.9 Å². The smallest absolute Gasteiger partial charge is 0.338 e. The van der Waals surface area contributed by atoms with Gasteiger partial charge in [-0.25, -0.2) is 9.78 Å². The molecule has 0 aliphatic heterocycles. The van der Waals surface area contributed by atoms with E-state index in [9.17, 15) is 4.79 Å². The van der Waals surface area contributed by atoms with Crippen LogP contribution in [0.3, 0.4) is 0 Å². The summed E-state index contributed by atoms with van der Waals surface area (Å²) in [5.41, 5.74) is 1.31. The Morgan fingerprint density at radius 3 is 2.82 bits per heavy atom. The predicted octanol–water partition coefficient (Wildman–Crippen LogP) is 2.54. The summed E-state index contributed by atoms with van der Waals surface area (Å²) in [5, 5.41) is 25.3. The van der Waals surface area contributed by atoms with Crippen molar-refractivity contribution in [2.75, 3.05) is 11.9 Å². The zero-order valence-corrected chi connectivity index (χ0v) is 14.8. The summed E-state index contributed by atoms with van der Waals surface area (Å²) in [6.07, 6.45) is 2.95. The molecule has 0 saturated heterocycles. The van der Waals surface area contributed by atoms with Crippen molar-refractivity contribution in [3.05, 3.63) is 60.2 Å². The number of pyridine rings is 1. The lowest BCUT2D eigenvalue weighted by Gasteiger charge is -2.07. The maximum Gasteiger partial charge on any atom is 0.338 e. The second-order valence-electron chi connectivity index (χ2n) is 5.28. The first-order valence-electron chi connectivity index (χ1n) is 8.21. The molecule has 2 aromatic heterocycles. The van der Waals surface area contributed by atoms with Gasteiger partial charge in [-0.15, -0.1) is 10.2 Å². The number of allylic oxidation sites excluding steroid dienone is 1. The van der Waals surface area contributed by atoms with Crippen molar-refractivity contribution in [1.29, 1.82) is 5.26 Å². The third-order valence-corrected chi connectivity index (χ3v) is 3.41. The molecule has 0 aliphatic rings. The van der Waals surface area contributed by atoms with Crippen LogP contribution in [0.5, 0.6) is 11.6 Å². The number of nitrogens with one attached hydrogen (secondary N) is 2. The molecule has 3 rings (SSSR count). The largest absolute Gasteiger partial charge is 0.462 e. The number of ether oxygens (including phenoxy) is 2. The Morgan fingerprint density at radius 2 is 2.14 bits per heavy atom. The van der Waals surface area contributed by atoms with Gasteiger partial charge in [-0.1, -0.05) is 0 Å². The molecule has 0 aliphatic carbocycles. The van der Waals surface area contributed by atoms with E-state index in [1.54, 1.807) is 37.3 Å². The molecule has 28 heavy (non-hydrogen) atoms. The standard InChI is InChI=1S/C18H15N7O3/c1-2-27-18(26)12-7-8-20-16(9-12)28-15-5-3-14(4-6-15)21-11-13(10-19)17-22-24-25-23-17/h3-9,11,21H,2H2,1H3,(H,22,23,24,25). The average Bonchev–Trinajstić information content (AvgIpc) is 3.25. The second-order valence-corrected chi connectivity index (χ2v) is 5.28. The van der Waals surface area contributed by atoms with Crippen LogP contribution < -0.4 is 10.1 Å². The monoisotopic (exact) mass is 377 g/mol. The predicted molar refractivity (Wildman–Crippen MR) is 98.1 cm³/mol. The van der Waals surface area contributed by atoms with Crippen molar-refractivity contribution in [2.24, 2.45) is 0 Å². The molecule has 2 heterocycles. The number of carbonyl (C=O) groups is 1. The average molecular weight is 377 g/mol. The highest BCUT2D eigenvalue weighted by atomic mass is 16.5. The second kappa shape index (κ2) is 8.91. The van der Waals surface area contributed by atoms with Crippen LogP contribution in [-0.2, 0) is 4.74 Å². The van der Waals surface area contributed by atoms with E-state index in [-0.39, 0.29) is 17.3 Å². The highest BCUT2D eigenvalue weighted by Crippen LogP contribution is 2.22. The molecule has 2 N–H and O–H groups in total. The minimum Gasteiger partial charge on any atom is -0.462 e. The van der Waals surface area contributed by atoms with E-state index >= 15 is 0 Å². The number of nitrogens with zero attached hydrogens (tertiary/aromatic N) is 5. The number of hydrogen-bond acceptors (Lipinski definition) is 9. The molecule has 0 radical (unpaired) electrons. The van der Waals surface area contributed by atoms with Gasteiger partial charge in [-0.2, -0.15) is 10.5 Å². The van der Waals surface area contributed by atoms with Gasteiger partial charge in [0, 0.05) is 24.2 Å². The topological polar surface area (TPSA) is 139 Å². The Bertz CT molecular complexity index is 1010. The fourth-order valence-corrected chi connectivity index (χ4v) is 2.12. The molecule has 10 heteroatoms. The number of H-pyrrole nitrogens is 1. The summed E-state index contributed by atoms with van der Waals surface area (Å²) < 4.78 is 10.6. The Balaban J connectivity index is 1.66. The molecule has 3 aromatic rings. The first kappa shape index (κ1) is 18.5. The zero-order valence-electron chi connectivity index (χ0n) is 14.8. The molecule has 0 saturated carbocycles. The fourth-order valence-electron chi connectivity index (χ4n) is 2.12. The van der Waals surface area contributed by atoms with E-state index in [0.717, 1.165) is 5.69 Å². The minimum absolute atomic E-state index is 0.197.